The maximum Gasteiger partial charge on any atom is 0.330 e. The van der Waals surface area contributed by atoms with E-state index in [2.05, 4.69) is 13.8 Å². The van der Waals surface area contributed by atoms with Gasteiger partial charge in [-0.05, 0) is 12.8 Å². The average molecular weight is 308 g/mol. The summed E-state index contributed by atoms with van der Waals surface area (Å²) >= 11 is 0. The molecule has 0 N–H and O–H groups in total. The van der Waals surface area contributed by atoms with Crippen LogP contribution in [-0.4, -0.2) is 9.13 Å². The first-order valence-corrected chi connectivity index (χ1v) is 9.01. The van der Waals surface area contributed by atoms with E-state index in [1.54, 1.807) is 10.8 Å². The second-order valence-corrected chi connectivity index (χ2v) is 6.11. The fourth-order valence-electron chi connectivity index (χ4n) is 2.69. The van der Waals surface area contributed by atoms with E-state index in [-0.39, 0.29) is 11.2 Å². The van der Waals surface area contributed by atoms with Gasteiger partial charge in [0.2, 0.25) is 0 Å². The third-order valence-electron chi connectivity index (χ3n) is 4.13. The summed E-state index contributed by atoms with van der Waals surface area (Å²) in [5.74, 6) is 0. The van der Waals surface area contributed by atoms with Crippen LogP contribution in [0.1, 0.15) is 78.1 Å². The molecule has 1 aromatic heterocycles. The molecule has 126 valence electrons. The summed E-state index contributed by atoms with van der Waals surface area (Å²) < 4.78 is 3.09. The summed E-state index contributed by atoms with van der Waals surface area (Å²) in [6.07, 6.45) is 13.1. The van der Waals surface area contributed by atoms with Crippen LogP contribution in [0.4, 0.5) is 0 Å². The highest BCUT2D eigenvalue weighted by Crippen LogP contribution is 2.04. The first-order chi connectivity index (χ1) is 10.7. The van der Waals surface area contributed by atoms with Crippen LogP contribution in [-0.2, 0) is 13.1 Å². The molecule has 0 aliphatic heterocycles. The predicted octanol–water partition coefficient (Wildman–Crippen LogP) is 3.95. The quantitative estimate of drug-likeness (QED) is 0.549. The van der Waals surface area contributed by atoms with E-state index >= 15 is 0 Å². The van der Waals surface area contributed by atoms with Crippen LogP contribution in [0.5, 0.6) is 0 Å². The molecule has 0 fully saturated rings. The van der Waals surface area contributed by atoms with Gasteiger partial charge in [0.05, 0.1) is 0 Å². The Morgan fingerprint density at radius 1 is 0.773 bits per heavy atom. The second kappa shape index (κ2) is 11.3. The summed E-state index contributed by atoms with van der Waals surface area (Å²) in [5, 5.41) is 0. The van der Waals surface area contributed by atoms with Crippen molar-refractivity contribution in [2.24, 2.45) is 0 Å². The van der Waals surface area contributed by atoms with Gasteiger partial charge in [0, 0.05) is 25.4 Å². The molecular weight excluding hydrogens is 276 g/mol. The third-order valence-corrected chi connectivity index (χ3v) is 4.13. The summed E-state index contributed by atoms with van der Waals surface area (Å²) in [4.78, 5) is 24.2. The number of hydrogen-bond acceptors (Lipinski definition) is 2. The van der Waals surface area contributed by atoms with Crippen molar-refractivity contribution in [3.8, 4) is 0 Å². The lowest BCUT2D eigenvalue weighted by atomic mass is 10.1. The van der Waals surface area contributed by atoms with Gasteiger partial charge in [-0.1, -0.05) is 65.2 Å². The molecule has 0 radical (unpaired) electrons. The minimum Gasteiger partial charge on any atom is -0.300 e. The molecule has 4 heteroatoms. The first-order valence-electron chi connectivity index (χ1n) is 9.01. The van der Waals surface area contributed by atoms with Crippen molar-refractivity contribution in [3.63, 3.8) is 0 Å². The Balaban J connectivity index is 2.52. The number of aromatic nitrogens is 2. The van der Waals surface area contributed by atoms with E-state index in [1.807, 2.05) is 0 Å². The van der Waals surface area contributed by atoms with E-state index < -0.39 is 0 Å². The second-order valence-electron chi connectivity index (χ2n) is 6.11. The highest BCUT2D eigenvalue weighted by molar-refractivity contribution is 4.86. The highest BCUT2D eigenvalue weighted by Gasteiger charge is 2.04. The summed E-state index contributed by atoms with van der Waals surface area (Å²) in [6.45, 7) is 5.65. The fourth-order valence-corrected chi connectivity index (χ4v) is 2.69. The lowest BCUT2D eigenvalue weighted by Gasteiger charge is -2.10. The maximum absolute atomic E-state index is 12.4. The Morgan fingerprint density at radius 3 is 1.91 bits per heavy atom. The van der Waals surface area contributed by atoms with Crippen molar-refractivity contribution in [3.05, 3.63) is 33.1 Å². The lowest BCUT2D eigenvalue weighted by molar-refractivity contribution is 0.492. The molecule has 1 heterocycles. The minimum absolute atomic E-state index is 0.140. The van der Waals surface area contributed by atoms with E-state index in [0.29, 0.717) is 6.54 Å². The Hall–Kier alpha value is -1.32. The van der Waals surface area contributed by atoms with Crippen molar-refractivity contribution in [2.45, 2.75) is 91.1 Å². The Labute approximate surface area is 134 Å². The van der Waals surface area contributed by atoms with Crippen molar-refractivity contribution in [1.29, 1.82) is 0 Å². The molecule has 4 nitrogen and oxygen atoms in total. The molecule has 0 unspecified atom stereocenters. The summed E-state index contributed by atoms with van der Waals surface area (Å²) in [5.41, 5.74) is -0.304. The normalized spacial score (nSPS) is 11.0. The van der Waals surface area contributed by atoms with Gasteiger partial charge in [0.15, 0.2) is 0 Å². The number of aryl methyl sites for hydroxylation is 1. The van der Waals surface area contributed by atoms with Crippen LogP contribution in [0.2, 0.25) is 0 Å². The number of nitrogens with zero attached hydrogens (tertiary/aromatic N) is 2. The van der Waals surface area contributed by atoms with E-state index in [9.17, 15) is 9.59 Å². The van der Waals surface area contributed by atoms with Crippen molar-refractivity contribution < 1.29 is 0 Å². The molecule has 0 aliphatic carbocycles. The molecule has 0 aromatic carbocycles. The Bertz CT molecular complexity index is 517. The van der Waals surface area contributed by atoms with Gasteiger partial charge in [0.25, 0.3) is 5.56 Å². The molecular formula is C18H32N2O2. The van der Waals surface area contributed by atoms with E-state index in [0.717, 1.165) is 32.2 Å². The predicted molar refractivity (Wildman–Crippen MR) is 92.5 cm³/mol. The van der Waals surface area contributed by atoms with Gasteiger partial charge >= 0.3 is 5.69 Å². The number of unbranched alkanes of at least 4 members (excludes halogenated alkanes) is 8. The van der Waals surface area contributed by atoms with Crippen LogP contribution in [0, 0.1) is 0 Å². The van der Waals surface area contributed by atoms with Gasteiger partial charge in [0.1, 0.15) is 0 Å². The Kier molecular flexibility index (Phi) is 9.60. The van der Waals surface area contributed by atoms with Crippen molar-refractivity contribution in [2.75, 3.05) is 0 Å². The van der Waals surface area contributed by atoms with Gasteiger partial charge in [-0.3, -0.25) is 9.36 Å². The molecule has 0 amide bonds. The molecule has 0 aliphatic rings. The smallest absolute Gasteiger partial charge is 0.300 e. The SMILES string of the molecule is CCCCCCCn1ccc(=O)n(CCCCCCC)c1=O. The van der Waals surface area contributed by atoms with Crippen LogP contribution in [0.3, 0.4) is 0 Å². The Morgan fingerprint density at radius 2 is 1.32 bits per heavy atom. The number of hydrogen-bond donors (Lipinski definition) is 0. The minimum atomic E-state index is -0.164. The fraction of sp³-hybridized carbons (Fsp3) is 0.778. The zero-order valence-electron chi connectivity index (χ0n) is 14.4. The molecule has 1 rings (SSSR count). The largest absolute Gasteiger partial charge is 0.330 e. The van der Waals surface area contributed by atoms with Crippen molar-refractivity contribution >= 4 is 0 Å². The molecule has 0 saturated carbocycles. The summed E-state index contributed by atoms with van der Waals surface area (Å²) in [7, 11) is 0. The zero-order chi connectivity index (χ0) is 16.2. The van der Waals surface area contributed by atoms with Crippen LogP contribution in [0.25, 0.3) is 0 Å². The maximum atomic E-state index is 12.4. The van der Waals surface area contributed by atoms with Crippen molar-refractivity contribution in [1.82, 2.24) is 9.13 Å². The first kappa shape index (κ1) is 18.7. The number of rotatable bonds is 12. The molecule has 0 saturated heterocycles. The summed E-state index contributed by atoms with van der Waals surface area (Å²) in [6, 6.07) is 1.53. The van der Waals surface area contributed by atoms with Gasteiger partial charge in [-0.2, -0.15) is 0 Å². The van der Waals surface area contributed by atoms with Gasteiger partial charge < -0.3 is 4.57 Å². The van der Waals surface area contributed by atoms with E-state index in [1.165, 1.54) is 49.2 Å². The van der Waals surface area contributed by atoms with Crippen LogP contribution >= 0.6 is 0 Å². The zero-order valence-corrected chi connectivity index (χ0v) is 14.4. The molecule has 22 heavy (non-hydrogen) atoms. The highest BCUT2D eigenvalue weighted by atomic mass is 16.2. The molecule has 0 spiro atoms. The van der Waals surface area contributed by atoms with Crippen LogP contribution < -0.4 is 11.2 Å². The van der Waals surface area contributed by atoms with E-state index in [4.69, 9.17) is 0 Å². The monoisotopic (exact) mass is 308 g/mol. The van der Waals surface area contributed by atoms with Gasteiger partial charge in [-0.25, -0.2) is 4.79 Å². The topological polar surface area (TPSA) is 44.0 Å². The third kappa shape index (κ3) is 6.63. The van der Waals surface area contributed by atoms with Crippen LogP contribution in [0.15, 0.2) is 21.9 Å². The molecule has 0 bridgehead atoms. The lowest BCUT2D eigenvalue weighted by Crippen LogP contribution is -2.39. The van der Waals surface area contributed by atoms with Gasteiger partial charge in [-0.15, -0.1) is 0 Å². The average Bonchev–Trinajstić information content (AvgIpc) is 2.51. The molecule has 1 aromatic rings. The standard InChI is InChI=1S/C18H32N2O2/c1-3-5-7-9-11-14-19-16-13-17(21)20(18(19)22)15-12-10-8-6-4-2/h13,16H,3-12,14-15H2,1-2H3. The molecule has 0 atom stereocenters.